The van der Waals surface area contributed by atoms with E-state index < -0.39 is 6.67 Å². The van der Waals surface area contributed by atoms with Gasteiger partial charge in [0.05, 0.1) is 12.7 Å². The second-order valence-corrected chi connectivity index (χ2v) is 7.82. The molecule has 1 saturated carbocycles. The highest BCUT2D eigenvalue weighted by atomic mass is 19.1. The first-order valence-electron chi connectivity index (χ1n) is 10.3. The van der Waals surface area contributed by atoms with E-state index in [9.17, 15) is 4.39 Å². The first-order valence-corrected chi connectivity index (χ1v) is 10.3. The van der Waals surface area contributed by atoms with Crippen molar-refractivity contribution in [3.8, 4) is 17.2 Å². The van der Waals surface area contributed by atoms with Crippen LogP contribution in [0.3, 0.4) is 0 Å². The maximum absolute atomic E-state index is 12.5. The molecule has 3 rings (SSSR count). The average molecular weight is 387 g/mol. The molecule has 2 aromatic carbocycles. The average Bonchev–Trinajstić information content (AvgIpc) is 3.51. The maximum atomic E-state index is 12.5. The van der Waals surface area contributed by atoms with Crippen molar-refractivity contribution in [3.63, 3.8) is 0 Å². The summed E-state index contributed by atoms with van der Waals surface area (Å²) >= 11 is 0. The van der Waals surface area contributed by atoms with Crippen molar-refractivity contribution in [2.24, 2.45) is 0 Å². The van der Waals surface area contributed by atoms with Crippen LogP contribution in [0.15, 0.2) is 42.5 Å². The summed E-state index contributed by atoms with van der Waals surface area (Å²) < 4.78 is 29.8. The van der Waals surface area contributed by atoms with Crippen LogP contribution in [-0.2, 0) is 0 Å². The summed E-state index contributed by atoms with van der Waals surface area (Å²) in [6.07, 6.45) is 3.65. The third-order valence-corrected chi connectivity index (χ3v) is 5.05. The quantitative estimate of drug-likeness (QED) is 0.455. The topological polar surface area (TPSA) is 27.7 Å². The van der Waals surface area contributed by atoms with Crippen LogP contribution in [-0.4, -0.2) is 26.0 Å². The second kappa shape index (κ2) is 9.81. The molecule has 1 fully saturated rings. The van der Waals surface area contributed by atoms with Crippen molar-refractivity contribution in [2.75, 3.05) is 19.9 Å². The van der Waals surface area contributed by atoms with E-state index in [4.69, 9.17) is 14.2 Å². The molecule has 28 heavy (non-hydrogen) atoms. The highest BCUT2D eigenvalue weighted by Gasteiger charge is 2.23. The summed E-state index contributed by atoms with van der Waals surface area (Å²) in [5.74, 6) is 3.03. The van der Waals surface area contributed by atoms with Crippen molar-refractivity contribution >= 4 is 0 Å². The van der Waals surface area contributed by atoms with Crippen molar-refractivity contribution in [3.05, 3.63) is 53.6 Å². The third kappa shape index (κ3) is 5.88. The van der Waals surface area contributed by atoms with Gasteiger partial charge in [-0.05, 0) is 66.5 Å². The van der Waals surface area contributed by atoms with Gasteiger partial charge in [0, 0.05) is 0 Å². The molecular formula is C24H31FO3. The number of alkyl halides is 1. The normalized spacial score (nSPS) is 14.8. The molecule has 0 aromatic heterocycles. The lowest BCUT2D eigenvalue weighted by Gasteiger charge is -2.17. The Bertz CT molecular complexity index is 738. The SMILES string of the molecule is CC(C)c1ccc(OCCF)c(OCCC(C)c2ccc(OC3CC3)cc2)c1. The van der Waals surface area contributed by atoms with E-state index in [1.165, 1.54) is 24.0 Å². The van der Waals surface area contributed by atoms with Crippen LogP contribution in [0.2, 0.25) is 0 Å². The zero-order valence-electron chi connectivity index (χ0n) is 17.1. The lowest BCUT2D eigenvalue weighted by molar-refractivity contribution is 0.243. The van der Waals surface area contributed by atoms with E-state index >= 15 is 0 Å². The van der Waals surface area contributed by atoms with Crippen LogP contribution in [0.5, 0.6) is 17.2 Å². The number of rotatable bonds is 11. The molecule has 0 N–H and O–H groups in total. The van der Waals surface area contributed by atoms with Crippen LogP contribution in [0, 0.1) is 0 Å². The van der Waals surface area contributed by atoms with E-state index in [-0.39, 0.29) is 6.61 Å². The molecule has 0 heterocycles. The van der Waals surface area contributed by atoms with Gasteiger partial charge in [0.1, 0.15) is 19.0 Å². The number of hydrogen-bond acceptors (Lipinski definition) is 3. The standard InChI is InChI=1S/C24H31FO3/c1-17(2)20-6-11-23(27-15-13-25)24(16-20)26-14-12-18(3)19-4-7-21(8-5-19)28-22-9-10-22/h4-8,11,16-18,22H,9-10,12-15H2,1-3H3. The van der Waals surface area contributed by atoms with Crippen LogP contribution < -0.4 is 14.2 Å². The lowest BCUT2D eigenvalue weighted by atomic mass is 9.98. The van der Waals surface area contributed by atoms with E-state index in [0.29, 0.717) is 36.0 Å². The van der Waals surface area contributed by atoms with Gasteiger partial charge in [0.2, 0.25) is 0 Å². The Balaban J connectivity index is 1.55. The Morgan fingerprint density at radius 1 is 0.893 bits per heavy atom. The van der Waals surface area contributed by atoms with E-state index in [1.807, 2.05) is 18.2 Å². The molecule has 2 aromatic rings. The molecule has 1 unspecified atom stereocenters. The van der Waals surface area contributed by atoms with E-state index in [1.54, 1.807) is 0 Å². The summed E-state index contributed by atoms with van der Waals surface area (Å²) in [5, 5.41) is 0. The minimum Gasteiger partial charge on any atom is -0.490 e. The number of ether oxygens (including phenoxy) is 3. The van der Waals surface area contributed by atoms with Crippen LogP contribution in [0.4, 0.5) is 4.39 Å². The van der Waals surface area contributed by atoms with Crippen LogP contribution in [0.1, 0.15) is 63.0 Å². The zero-order chi connectivity index (χ0) is 19.9. The fourth-order valence-electron chi connectivity index (χ4n) is 3.03. The molecule has 4 heteroatoms. The van der Waals surface area contributed by atoms with Gasteiger partial charge < -0.3 is 14.2 Å². The number of hydrogen-bond donors (Lipinski definition) is 0. The van der Waals surface area contributed by atoms with E-state index in [0.717, 1.165) is 12.2 Å². The Labute approximate surface area is 167 Å². The van der Waals surface area contributed by atoms with Crippen molar-refractivity contribution in [1.29, 1.82) is 0 Å². The fourth-order valence-corrected chi connectivity index (χ4v) is 3.03. The zero-order valence-corrected chi connectivity index (χ0v) is 17.1. The molecule has 0 saturated heterocycles. The molecule has 0 radical (unpaired) electrons. The summed E-state index contributed by atoms with van der Waals surface area (Å²) in [6, 6.07) is 14.3. The third-order valence-electron chi connectivity index (χ3n) is 5.05. The van der Waals surface area contributed by atoms with Gasteiger partial charge in [0.25, 0.3) is 0 Å². The molecular weight excluding hydrogens is 355 g/mol. The van der Waals surface area contributed by atoms with Crippen molar-refractivity contribution in [2.45, 2.75) is 58.0 Å². The highest BCUT2D eigenvalue weighted by molar-refractivity contribution is 5.44. The van der Waals surface area contributed by atoms with Gasteiger partial charge in [-0.25, -0.2) is 4.39 Å². The first-order chi connectivity index (χ1) is 13.6. The maximum Gasteiger partial charge on any atom is 0.161 e. The van der Waals surface area contributed by atoms with Gasteiger partial charge in [0.15, 0.2) is 11.5 Å². The van der Waals surface area contributed by atoms with Gasteiger partial charge in [-0.15, -0.1) is 0 Å². The summed E-state index contributed by atoms with van der Waals surface area (Å²) in [5.41, 5.74) is 2.46. The molecule has 152 valence electrons. The van der Waals surface area contributed by atoms with Crippen LogP contribution in [0.25, 0.3) is 0 Å². The Morgan fingerprint density at radius 3 is 2.21 bits per heavy atom. The minimum atomic E-state index is -0.511. The Kier molecular flexibility index (Phi) is 7.18. The molecule has 0 spiro atoms. The highest BCUT2D eigenvalue weighted by Crippen LogP contribution is 2.32. The lowest BCUT2D eigenvalue weighted by Crippen LogP contribution is -2.06. The fraction of sp³-hybridized carbons (Fsp3) is 0.500. The van der Waals surface area contributed by atoms with Crippen molar-refractivity contribution < 1.29 is 18.6 Å². The Hall–Kier alpha value is -2.23. The molecule has 1 aliphatic rings. The van der Waals surface area contributed by atoms with E-state index in [2.05, 4.69) is 45.0 Å². The monoisotopic (exact) mass is 386 g/mol. The summed E-state index contributed by atoms with van der Waals surface area (Å²) in [6.45, 7) is 6.59. The largest absolute Gasteiger partial charge is 0.490 e. The molecule has 0 aliphatic heterocycles. The molecule has 0 bridgehead atoms. The summed E-state index contributed by atoms with van der Waals surface area (Å²) in [4.78, 5) is 0. The smallest absolute Gasteiger partial charge is 0.161 e. The molecule has 3 nitrogen and oxygen atoms in total. The predicted octanol–water partition coefficient (Wildman–Crippen LogP) is 6.27. The van der Waals surface area contributed by atoms with Gasteiger partial charge in [-0.3, -0.25) is 0 Å². The number of benzene rings is 2. The molecule has 0 amide bonds. The minimum absolute atomic E-state index is 0.0447. The second-order valence-electron chi connectivity index (χ2n) is 7.82. The Morgan fingerprint density at radius 2 is 1.57 bits per heavy atom. The number of halogens is 1. The predicted molar refractivity (Wildman–Crippen MR) is 111 cm³/mol. The van der Waals surface area contributed by atoms with Gasteiger partial charge in [-0.2, -0.15) is 0 Å². The van der Waals surface area contributed by atoms with Crippen molar-refractivity contribution in [1.82, 2.24) is 0 Å². The summed E-state index contributed by atoms with van der Waals surface area (Å²) in [7, 11) is 0. The first kappa shape index (κ1) is 20.5. The molecule has 1 atom stereocenters. The van der Waals surface area contributed by atoms with Gasteiger partial charge in [-0.1, -0.05) is 39.0 Å². The van der Waals surface area contributed by atoms with Gasteiger partial charge >= 0.3 is 0 Å². The molecule has 1 aliphatic carbocycles. The van der Waals surface area contributed by atoms with Crippen LogP contribution >= 0.6 is 0 Å².